The van der Waals surface area contributed by atoms with Gasteiger partial charge in [-0.2, -0.15) is 0 Å². The van der Waals surface area contributed by atoms with Crippen LogP contribution in [0.2, 0.25) is 0 Å². The van der Waals surface area contributed by atoms with E-state index in [2.05, 4.69) is 0 Å². The Morgan fingerprint density at radius 3 is 2.43 bits per heavy atom. The third-order valence-electron chi connectivity index (χ3n) is 3.49. The van der Waals surface area contributed by atoms with Gasteiger partial charge < -0.3 is 16.6 Å². The molecule has 112 valence electrons. The van der Waals surface area contributed by atoms with E-state index in [0.29, 0.717) is 17.1 Å². The van der Waals surface area contributed by atoms with Crippen LogP contribution >= 0.6 is 11.3 Å². The first-order valence-electron chi connectivity index (χ1n) is 7.00. The minimum atomic E-state index is -0.878. The maximum Gasteiger partial charge on any atom is 0.338 e. The number of carbonyl (C=O) groups is 1. The SMILES string of the molecule is NCc1ccccc1.Nc1sc2c(c1C(=O)O)CCCC2. The molecule has 3 rings (SSSR count). The van der Waals surface area contributed by atoms with Crippen molar-refractivity contribution in [3.05, 3.63) is 51.9 Å². The first kappa shape index (κ1) is 15.5. The fourth-order valence-corrected chi connectivity index (χ4v) is 3.59. The van der Waals surface area contributed by atoms with Crippen molar-refractivity contribution in [1.29, 1.82) is 0 Å². The number of nitrogen functional groups attached to an aromatic ring is 1. The number of carboxylic acids is 1. The maximum absolute atomic E-state index is 10.9. The second-order valence-corrected chi connectivity index (χ2v) is 6.08. The lowest BCUT2D eigenvalue weighted by Crippen LogP contribution is -2.06. The zero-order valence-electron chi connectivity index (χ0n) is 11.8. The Kier molecular flexibility index (Phi) is 5.36. The van der Waals surface area contributed by atoms with Crippen LogP contribution in [-0.2, 0) is 19.4 Å². The number of thiophene rings is 1. The molecule has 2 aromatic rings. The third kappa shape index (κ3) is 3.83. The van der Waals surface area contributed by atoms with E-state index in [1.807, 2.05) is 30.3 Å². The Labute approximate surface area is 128 Å². The van der Waals surface area contributed by atoms with Gasteiger partial charge in [0.05, 0.1) is 5.56 Å². The molecule has 5 heteroatoms. The van der Waals surface area contributed by atoms with E-state index in [4.69, 9.17) is 16.6 Å². The summed E-state index contributed by atoms with van der Waals surface area (Å²) >= 11 is 1.44. The average molecular weight is 304 g/mol. The topological polar surface area (TPSA) is 89.3 Å². The second-order valence-electron chi connectivity index (χ2n) is 4.95. The monoisotopic (exact) mass is 304 g/mol. The number of hydrogen-bond donors (Lipinski definition) is 3. The van der Waals surface area contributed by atoms with Gasteiger partial charge in [-0.3, -0.25) is 0 Å². The molecule has 0 saturated heterocycles. The molecule has 1 aliphatic rings. The van der Waals surface area contributed by atoms with Crippen molar-refractivity contribution < 1.29 is 9.90 Å². The Morgan fingerprint density at radius 1 is 1.19 bits per heavy atom. The van der Waals surface area contributed by atoms with E-state index in [9.17, 15) is 4.79 Å². The molecule has 0 amide bonds. The van der Waals surface area contributed by atoms with Gasteiger partial charge in [0.25, 0.3) is 0 Å². The molecular formula is C16H20N2O2S. The number of fused-ring (bicyclic) bond motifs is 1. The van der Waals surface area contributed by atoms with E-state index in [1.165, 1.54) is 21.8 Å². The standard InChI is InChI=1S/C9H11NO2S.C7H9N/c10-8-7(9(11)12)5-3-1-2-4-6(5)13-8;8-6-7-4-2-1-3-5-7/h1-4,10H2,(H,11,12);1-5H,6,8H2. The smallest absolute Gasteiger partial charge is 0.338 e. The highest BCUT2D eigenvalue weighted by molar-refractivity contribution is 7.16. The molecule has 0 unspecified atom stereocenters. The van der Waals surface area contributed by atoms with Crippen LogP contribution in [0.4, 0.5) is 5.00 Å². The summed E-state index contributed by atoms with van der Waals surface area (Å²) in [5, 5.41) is 9.41. The van der Waals surface area contributed by atoms with E-state index in [1.54, 1.807) is 0 Å². The Morgan fingerprint density at radius 2 is 1.86 bits per heavy atom. The van der Waals surface area contributed by atoms with E-state index < -0.39 is 5.97 Å². The summed E-state index contributed by atoms with van der Waals surface area (Å²) in [5.74, 6) is -0.878. The molecule has 0 radical (unpaired) electrons. The first-order chi connectivity index (χ1) is 10.1. The van der Waals surface area contributed by atoms with Gasteiger partial charge in [-0.15, -0.1) is 11.3 Å². The lowest BCUT2D eigenvalue weighted by atomic mass is 9.96. The summed E-state index contributed by atoms with van der Waals surface area (Å²) in [5.41, 5.74) is 13.5. The molecule has 0 aliphatic heterocycles. The average Bonchev–Trinajstić information content (AvgIpc) is 2.84. The van der Waals surface area contributed by atoms with Crippen LogP contribution in [0.15, 0.2) is 30.3 Å². The Balaban J connectivity index is 0.000000173. The number of rotatable bonds is 2. The zero-order valence-corrected chi connectivity index (χ0v) is 12.7. The number of nitrogens with two attached hydrogens (primary N) is 2. The molecule has 1 aromatic heterocycles. The highest BCUT2D eigenvalue weighted by Crippen LogP contribution is 2.35. The molecule has 0 spiro atoms. The van der Waals surface area contributed by atoms with Crippen molar-refractivity contribution in [2.45, 2.75) is 32.2 Å². The predicted molar refractivity (Wildman–Crippen MR) is 86.7 cm³/mol. The summed E-state index contributed by atoms with van der Waals surface area (Å²) in [4.78, 5) is 12.1. The quantitative estimate of drug-likeness (QED) is 0.795. The van der Waals surface area contributed by atoms with Crippen LogP contribution in [0.5, 0.6) is 0 Å². The maximum atomic E-state index is 10.9. The second kappa shape index (κ2) is 7.24. The first-order valence-corrected chi connectivity index (χ1v) is 7.82. The minimum Gasteiger partial charge on any atom is -0.478 e. The molecular weight excluding hydrogens is 284 g/mol. The number of benzene rings is 1. The van der Waals surface area contributed by atoms with Crippen molar-refractivity contribution in [3.63, 3.8) is 0 Å². The number of carboxylic acid groups (broad SMARTS) is 1. The number of anilines is 1. The van der Waals surface area contributed by atoms with Gasteiger partial charge in [0.1, 0.15) is 5.00 Å². The van der Waals surface area contributed by atoms with Gasteiger partial charge in [0, 0.05) is 11.4 Å². The van der Waals surface area contributed by atoms with Crippen LogP contribution in [0.3, 0.4) is 0 Å². The predicted octanol–water partition coefficient (Wildman–Crippen LogP) is 3.05. The third-order valence-corrected chi connectivity index (χ3v) is 4.61. The van der Waals surface area contributed by atoms with E-state index >= 15 is 0 Å². The van der Waals surface area contributed by atoms with Crippen molar-refractivity contribution in [2.24, 2.45) is 5.73 Å². The normalized spacial score (nSPS) is 13.0. The summed E-state index contributed by atoms with van der Waals surface area (Å²) < 4.78 is 0. The molecule has 0 atom stereocenters. The van der Waals surface area contributed by atoms with E-state index in [0.717, 1.165) is 31.2 Å². The van der Waals surface area contributed by atoms with Gasteiger partial charge in [0.15, 0.2) is 0 Å². The molecule has 1 aliphatic carbocycles. The minimum absolute atomic E-state index is 0.361. The summed E-state index contributed by atoms with van der Waals surface area (Å²) in [6.07, 6.45) is 4.12. The van der Waals surface area contributed by atoms with Crippen LogP contribution in [0.1, 0.15) is 39.2 Å². The fourth-order valence-electron chi connectivity index (χ4n) is 2.44. The largest absolute Gasteiger partial charge is 0.478 e. The summed E-state index contributed by atoms with van der Waals surface area (Å²) in [6.45, 7) is 0.640. The molecule has 0 bridgehead atoms. The van der Waals surface area contributed by atoms with Gasteiger partial charge in [-0.05, 0) is 36.8 Å². The van der Waals surface area contributed by atoms with Crippen molar-refractivity contribution in [1.82, 2.24) is 0 Å². The molecule has 1 heterocycles. The van der Waals surface area contributed by atoms with Crippen LogP contribution in [0, 0.1) is 0 Å². The van der Waals surface area contributed by atoms with Gasteiger partial charge >= 0.3 is 5.97 Å². The van der Waals surface area contributed by atoms with Crippen molar-refractivity contribution in [3.8, 4) is 0 Å². The molecule has 5 N–H and O–H groups in total. The van der Waals surface area contributed by atoms with Crippen LogP contribution < -0.4 is 11.5 Å². The molecule has 4 nitrogen and oxygen atoms in total. The molecule has 21 heavy (non-hydrogen) atoms. The highest BCUT2D eigenvalue weighted by atomic mass is 32.1. The van der Waals surface area contributed by atoms with Crippen LogP contribution in [-0.4, -0.2) is 11.1 Å². The molecule has 0 fully saturated rings. The van der Waals surface area contributed by atoms with Gasteiger partial charge in [-0.25, -0.2) is 4.79 Å². The lowest BCUT2D eigenvalue weighted by Gasteiger charge is -2.10. The number of hydrogen-bond acceptors (Lipinski definition) is 4. The number of aryl methyl sites for hydroxylation is 1. The summed E-state index contributed by atoms with van der Waals surface area (Å²) in [7, 11) is 0. The number of aromatic carboxylic acids is 1. The van der Waals surface area contributed by atoms with Crippen molar-refractivity contribution >= 4 is 22.3 Å². The summed E-state index contributed by atoms with van der Waals surface area (Å²) in [6, 6.07) is 9.99. The zero-order chi connectivity index (χ0) is 15.2. The lowest BCUT2D eigenvalue weighted by molar-refractivity contribution is 0.0697. The fraction of sp³-hybridized carbons (Fsp3) is 0.312. The Hall–Kier alpha value is -1.85. The molecule has 0 saturated carbocycles. The van der Waals surface area contributed by atoms with Crippen molar-refractivity contribution in [2.75, 3.05) is 5.73 Å². The van der Waals surface area contributed by atoms with Gasteiger partial charge in [-0.1, -0.05) is 30.3 Å². The Bertz CT molecular complexity index is 608. The highest BCUT2D eigenvalue weighted by Gasteiger charge is 2.23. The van der Waals surface area contributed by atoms with E-state index in [-0.39, 0.29) is 0 Å². The van der Waals surface area contributed by atoms with Crippen LogP contribution in [0.25, 0.3) is 0 Å². The van der Waals surface area contributed by atoms with Gasteiger partial charge in [0.2, 0.25) is 0 Å². The molecule has 1 aromatic carbocycles.